The van der Waals surface area contributed by atoms with Gasteiger partial charge in [-0.05, 0) is 37.4 Å². The highest BCUT2D eigenvalue weighted by atomic mass is 16.5. The Balaban J connectivity index is 1.70. The second-order valence-corrected chi connectivity index (χ2v) is 4.29. The molecule has 2 aromatic rings. The smallest absolute Gasteiger partial charge is 0.119 e. The summed E-state index contributed by atoms with van der Waals surface area (Å²) in [7, 11) is 2.05. The minimum Gasteiger partial charge on any atom is -0.492 e. The molecule has 0 aliphatic carbocycles. The molecular weight excluding hydrogens is 228 g/mol. The van der Waals surface area contributed by atoms with Crippen LogP contribution in [0.3, 0.4) is 0 Å². The van der Waals surface area contributed by atoms with E-state index in [1.165, 1.54) is 5.56 Å². The van der Waals surface area contributed by atoms with Crippen LogP contribution in [0.25, 0.3) is 0 Å². The topological polar surface area (TPSA) is 51.6 Å². The normalized spacial score (nSPS) is 10.8. The maximum absolute atomic E-state index is 5.63. The van der Waals surface area contributed by atoms with Crippen molar-refractivity contribution in [1.29, 1.82) is 0 Å². The first-order valence-corrected chi connectivity index (χ1v) is 5.92. The van der Waals surface area contributed by atoms with Crippen molar-refractivity contribution in [2.24, 2.45) is 0 Å². The molecule has 0 aliphatic rings. The summed E-state index contributed by atoms with van der Waals surface area (Å²) in [5, 5.41) is 0. The number of rotatable bonds is 6. The van der Waals surface area contributed by atoms with Crippen LogP contribution in [-0.2, 0) is 6.54 Å². The van der Waals surface area contributed by atoms with Crippen LogP contribution < -0.4 is 10.5 Å². The summed E-state index contributed by atoms with van der Waals surface area (Å²) in [4.78, 5) is 2.18. The average molecular weight is 246 g/mol. The molecule has 18 heavy (non-hydrogen) atoms. The summed E-state index contributed by atoms with van der Waals surface area (Å²) < 4.78 is 10.7. The number of nitrogens with zero attached hydrogens (tertiary/aromatic N) is 1. The van der Waals surface area contributed by atoms with Gasteiger partial charge in [-0.25, -0.2) is 0 Å². The van der Waals surface area contributed by atoms with Crippen LogP contribution in [0.15, 0.2) is 47.3 Å². The lowest BCUT2D eigenvalue weighted by Crippen LogP contribution is -2.23. The Kier molecular flexibility index (Phi) is 4.25. The molecular formula is C14H18N2O2. The first-order valence-electron chi connectivity index (χ1n) is 5.92. The summed E-state index contributed by atoms with van der Waals surface area (Å²) in [6.07, 6.45) is 3.45. The van der Waals surface area contributed by atoms with Gasteiger partial charge < -0.3 is 14.9 Å². The summed E-state index contributed by atoms with van der Waals surface area (Å²) in [5.74, 6) is 0.848. The van der Waals surface area contributed by atoms with Gasteiger partial charge in [0.15, 0.2) is 0 Å². The van der Waals surface area contributed by atoms with Gasteiger partial charge in [0.25, 0.3) is 0 Å². The molecule has 0 bridgehead atoms. The number of likely N-dealkylation sites (N-methyl/N-ethyl adjacent to an activating group) is 1. The summed E-state index contributed by atoms with van der Waals surface area (Å²) in [6.45, 7) is 2.37. The zero-order valence-electron chi connectivity index (χ0n) is 10.5. The van der Waals surface area contributed by atoms with Crippen LogP contribution in [0.1, 0.15) is 5.56 Å². The predicted octanol–water partition coefficient (Wildman–Crippen LogP) is 2.37. The van der Waals surface area contributed by atoms with Crippen LogP contribution in [-0.4, -0.2) is 25.1 Å². The van der Waals surface area contributed by atoms with Crippen LogP contribution in [0.5, 0.6) is 5.75 Å². The second-order valence-electron chi connectivity index (χ2n) is 4.29. The minimum atomic E-state index is 0.651. The molecule has 1 aromatic carbocycles. The molecule has 0 atom stereocenters. The highest BCUT2D eigenvalue weighted by molar-refractivity contribution is 5.41. The molecule has 0 amide bonds. The molecule has 1 aromatic heterocycles. The zero-order valence-corrected chi connectivity index (χ0v) is 10.5. The Labute approximate surface area is 107 Å². The molecule has 4 heteroatoms. The van der Waals surface area contributed by atoms with E-state index >= 15 is 0 Å². The third kappa shape index (κ3) is 3.82. The number of nitrogens with two attached hydrogens (primary N) is 1. The predicted molar refractivity (Wildman–Crippen MR) is 71.4 cm³/mol. The second kappa shape index (κ2) is 6.12. The van der Waals surface area contributed by atoms with Crippen LogP contribution in [0, 0.1) is 0 Å². The lowest BCUT2D eigenvalue weighted by molar-refractivity contribution is 0.232. The Morgan fingerprint density at radius 3 is 2.67 bits per heavy atom. The van der Waals surface area contributed by atoms with Crippen molar-refractivity contribution < 1.29 is 9.15 Å². The van der Waals surface area contributed by atoms with Crippen molar-refractivity contribution >= 4 is 5.69 Å². The maximum Gasteiger partial charge on any atom is 0.119 e. The van der Waals surface area contributed by atoms with E-state index in [0.29, 0.717) is 6.61 Å². The van der Waals surface area contributed by atoms with Crippen LogP contribution in [0.4, 0.5) is 5.69 Å². The Morgan fingerprint density at radius 2 is 2.00 bits per heavy atom. The number of furan rings is 1. The molecule has 96 valence electrons. The number of nitrogen functional groups attached to an aromatic ring is 1. The Bertz CT molecular complexity index is 451. The Morgan fingerprint density at radius 1 is 1.22 bits per heavy atom. The third-order valence-electron chi connectivity index (χ3n) is 2.65. The zero-order chi connectivity index (χ0) is 12.8. The fourth-order valence-corrected chi connectivity index (χ4v) is 1.66. The van der Waals surface area contributed by atoms with E-state index in [-0.39, 0.29) is 0 Å². The SMILES string of the molecule is CN(CCOc1ccc(N)cc1)Cc1ccoc1. The van der Waals surface area contributed by atoms with E-state index < -0.39 is 0 Å². The number of hydrogen-bond donors (Lipinski definition) is 1. The van der Waals surface area contributed by atoms with Gasteiger partial charge in [0, 0.05) is 24.3 Å². The van der Waals surface area contributed by atoms with Gasteiger partial charge in [-0.1, -0.05) is 0 Å². The van der Waals surface area contributed by atoms with Crippen molar-refractivity contribution in [2.75, 3.05) is 25.9 Å². The number of anilines is 1. The third-order valence-corrected chi connectivity index (χ3v) is 2.65. The molecule has 0 radical (unpaired) electrons. The lowest BCUT2D eigenvalue weighted by Gasteiger charge is -2.15. The minimum absolute atomic E-state index is 0.651. The average Bonchev–Trinajstić information content (AvgIpc) is 2.84. The quantitative estimate of drug-likeness (QED) is 0.795. The van der Waals surface area contributed by atoms with Crippen molar-refractivity contribution in [2.45, 2.75) is 6.54 Å². The van der Waals surface area contributed by atoms with Crippen molar-refractivity contribution in [3.63, 3.8) is 0 Å². The summed E-state index contributed by atoms with van der Waals surface area (Å²) in [5.41, 5.74) is 7.53. The summed E-state index contributed by atoms with van der Waals surface area (Å²) >= 11 is 0. The highest BCUT2D eigenvalue weighted by Gasteiger charge is 2.01. The van der Waals surface area contributed by atoms with E-state index in [0.717, 1.165) is 24.5 Å². The van der Waals surface area contributed by atoms with Gasteiger partial charge >= 0.3 is 0 Å². The van der Waals surface area contributed by atoms with Gasteiger partial charge in [-0.3, -0.25) is 4.90 Å². The van der Waals surface area contributed by atoms with Crippen molar-refractivity contribution in [1.82, 2.24) is 4.90 Å². The van der Waals surface area contributed by atoms with Crippen LogP contribution >= 0.6 is 0 Å². The largest absolute Gasteiger partial charge is 0.492 e. The molecule has 0 saturated heterocycles. The van der Waals surface area contributed by atoms with Gasteiger partial charge in [-0.15, -0.1) is 0 Å². The Hall–Kier alpha value is -1.94. The van der Waals surface area contributed by atoms with E-state index in [2.05, 4.69) is 11.9 Å². The molecule has 0 aliphatic heterocycles. The molecule has 0 fully saturated rings. The van der Waals surface area contributed by atoms with Crippen molar-refractivity contribution in [3.05, 3.63) is 48.4 Å². The first-order chi connectivity index (χ1) is 8.74. The monoisotopic (exact) mass is 246 g/mol. The first kappa shape index (κ1) is 12.5. The molecule has 2 rings (SSSR count). The molecule has 0 unspecified atom stereocenters. The fraction of sp³-hybridized carbons (Fsp3) is 0.286. The van der Waals surface area contributed by atoms with Gasteiger partial charge in [0.05, 0.1) is 12.5 Å². The number of hydrogen-bond acceptors (Lipinski definition) is 4. The van der Waals surface area contributed by atoms with E-state index in [1.807, 2.05) is 30.3 Å². The lowest BCUT2D eigenvalue weighted by atomic mass is 10.3. The molecule has 1 heterocycles. The van der Waals surface area contributed by atoms with Crippen molar-refractivity contribution in [3.8, 4) is 5.75 Å². The molecule has 0 saturated carbocycles. The maximum atomic E-state index is 5.63. The van der Waals surface area contributed by atoms with Gasteiger partial charge in [-0.2, -0.15) is 0 Å². The fourth-order valence-electron chi connectivity index (χ4n) is 1.66. The summed E-state index contributed by atoms with van der Waals surface area (Å²) in [6, 6.07) is 9.41. The van der Waals surface area contributed by atoms with Crippen LogP contribution in [0.2, 0.25) is 0 Å². The van der Waals surface area contributed by atoms with Gasteiger partial charge in [0.1, 0.15) is 12.4 Å². The molecule has 0 spiro atoms. The number of benzene rings is 1. The van der Waals surface area contributed by atoms with E-state index in [4.69, 9.17) is 14.9 Å². The number of ether oxygens (including phenoxy) is 1. The van der Waals surface area contributed by atoms with E-state index in [9.17, 15) is 0 Å². The standard InChI is InChI=1S/C14H18N2O2/c1-16(10-12-6-8-17-11-12)7-9-18-14-4-2-13(15)3-5-14/h2-6,8,11H,7,9-10,15H2,1H3. The molecule has 4 nitrogen and oxygen atoms in total. The van der Waals surface area contributed by atoms with Gasteiger partial charge in [0.2, 0.25) is 0 Å². The highest BCUT2D eigenvalue weighted by Crippen LogP contribution is 2.13. The molecule has 2 N–H and O–H groups in total. The van der Waals surface area contributed by atoms with E-state index in [1.54, 1.807) is 12.5 Å².